The molecule has 0 bridgehead atoms. The van der Waals surface area contributed by atoms with Crippen LogP contribution in [0.15, 0.2) is 53.3 Å². The fourth-order valence-electron chi connectivity index (χ4n) is 4.10. The normalized spacial score (nSPS) is 16.2. The lowest BCUT2D eigenvalue weighted by Crippen LogP contribution is -2.43. The number of rotatable bonds is 5. The Morgan fingerprint density at radius 1 is 1.14 bits per heavy atom. The minimum atomic E-state index is -0.619. The molecular formula is C22H24ClN3O2. The number of benzene rings is 2. The Morgan fingerprint density at radius 3 is 2.64 bits per heavy atom. The van der Waals surface area contributed by atoms with Crippen LogP contribution in [0.5, 0.6) is 0 Å². The van der Waals surface area contributed by atoms with Crippen LogP contribution in [0.3, 0.4) is 0 Å². The summed E-state index contributed by atoms with van der Waals surface area (Å²) in [4.78, 5) is 28.9. The number of amides is 1. The minimum absolute atomic E-state index is 0.103. The Labute approximate surface area is 168 Å². The van der Waals surface area contributed by atoms with E-state index in [1.165, 1.54) is 6.42 Å². The molecule has 3 aromatic rings. The largest absolute Gasteiger partial charge is 0.352 e. The average molecular weight is 398 g/mol. The van der Waals surface area contributed by atoms with Gasteiger partial charge in [-0.05, 0) is 36.6 Å². The molecule has 1 fully saturated rings. The number of halogens is 1. The van der Waals surface area contributed by atoms with Gasteiger partial charge in [0.1, 0.15) is 6.04 Å². The van der Waals surface area contributed by atoms with Gasteiger partial charge in [0.15, 0.2) is 0 Å². The van der Waals surface area contributed by atoms with Crippen molar-refractivity contribution in [2.45, 2.75) is 50.6 Å². The predicted octanol–water partition coefficient (Wildman–Crippen LogP) is 4.22. The van der Waals surface area contributed by atoms with Crippen molar-refractivity contribution >= 4 is 28.5 Å². The third-order valence-corrected chi connectivity index (χ3v) is 5.75. The highest BCUT2D eigenvalue weighted by molar-refractivity contribution is 6.31. The zero-order valence-electron chi connectivity index (χ0n) is 15.7. The third-order valence-electron chi connectivity index (χ3n) is 5.52. The molecule has 0 radical (unpaired) electrons. The molecule has 1 aromatic heterocycles. The van der Waals surface area contributed by atoms with E-state index in [4.69, 9.17) is 11.6 Å². The van der Waals surface area contributed by atoms with Crippen LogP contribution in [0.25, 0.3) is 11.0 Å². The first-order valence-corrected chi connectivity index (χ1v) is 10.2. The van der Waals surface area contributed by atoms with Crippen molar-refractivity contribution in [1.82, 2.24) is 14.9 Å². The number of aromatic amines is 1. The number of hydrogen-bond donors (Lipinski definition) is 2. The summed E-state index contributed by atoms with van der Waals surface area (Å²) >= 11 is 6.07. The van der Waals surface area contributed by atoms with Crippen LogP contribution in [0, 0.1) is 0 Å². The van der Waals surface area contributed by atoms with Gasteiger partial charge in [-0.15, -0.1) is 0 Å². The highest BCUT2D eigenvalue weighted by atomic mass is 35.5. The summed E-state index contributed by atoms with van der Waals surface area (Å²) in [6, 6.07) is 14.6. The Balaban J connectivity index is 1.71. The smallest absolute Gasteiger partial charge is 0.327 e. The second-order valence-corrected chi connectivity index (χ2v) is 7.95. The van der Waals surface area contributed by atoms with Crippen LogP contribution in [-0.2, 0) is 11.2 Å². The van der Waals surface area contributed by atoms with E-state index in [1.807, 2.05) is 30.3 Å². The first-order chi connectivity index (χ1) is 13.6. The molecule has 1 heterocycles. The number of fused-ring (bicyclic) bond motifs is 1. The molecule has 1 aliphatic rings. The molecule has 0 aliphatic heterocycles. The molecule has 1 saturated carbocycles. The number of imidazole rings is 1. The van der Waals surface area contributed by atoms with Crippen molar-refractivity contribution < 1.29 is 4.79 Å². The number of nitrogens with zero attached hydrogens (tertiary/aromatic N) is 1. The van der Waals surface area contributed by atoms with Crippen LogP contribution in [0.2, 0.25) is 5.02 Å². The Kier molecular flexibility index (Phi) is 5.53. The van der Waals surface area contributed by atoms with Crippen molar-refractivity contribution in [3.63, 3.8) is 0 Å². The standard InChI is InChI=1S/C22H24ClN3O2/c23-16-11-12-19-18(14-16)25-22(28)26(19)20(13-15-7-3-1-4-8-15)21(27)24-17-9-5-2-6-10-17/h1,3-4,7-8,11-12,14,17,20H,2,5-6,9-10,13H2,(H,24,27)(H,25,28)/t20-/m1/s1. The lowest BCUT2D eigenvalue weighted by Gasteiger charge is -2.26. The third kappa shape index (κ3) is 3.99. The van der Waals surface area contributed by atoms with E-state index in [2.05, 4.69) is 10.3 Å². The fraction of sp³-hybridized carbons (Fsp3) is 0.364. The van der Waals surface area contributed by atoms with E-state index in [1.54, 1.807) is 22.8 Å². The first-order valence-electron chi connectivity index (χ1n) is 9.86. The Morgan fingerprint density at radius 2 is 1.89 bits per heavy atom. The van der Waals surface area contributed by atoms with Gasteiger partial charge in [0.05, 0.1) is 11.0 Å². The number of hydrogen-bond acceptors (Lipinski definition) is 2. The van der Waals surface area contributed by atoms with E-state index in [0.717, 1.165) is 31.2 Å². The second-order valence-electron chi connectivity index (χ2n) is 7.51. The quantitative estimate of drug-likeness (QED) is 0.677. The Hall–Kier alpha value is -2.53. The van der Waals surface area contributed by atoms with E-state index >= 15 is 0 Å². The lowest BCUT2D eigenvalue weighted by atomic mass is 9.95. The van der Waals surface area contributed by atoms with Gasteiger partial charge in [-0.25, -0.2) is 4.79 Å². The number of carbonyl (C=O) groups excluding carboxylic acids is 1. The van der Waals surface area contributed by atoms with E-state index in [-0.39, 0.29) is 17.6 Å². The number of H-pyrrole nitrogens is 1. The number of aromatic nitrogens is 2. The summed E-state index contributed by atoms with van der Waals surface area (Å²) < 4.78 is 1.57. The van der Waals surface area contributed by atoms with Crippen LogP contribution in [0.1, 0.15) is 43.7 Å². The molecule has 4 rings (SSSR count). The summed E-state index contributed by atoms with van der Waals surface area (Å²) in [5.41, 5.74) is 2.05. The molecule has 5 nitrogen and oxygen atoms in total. The summed E-state index contributed by atoms with van der Waals surface area (Å²) in [5, 5.41) is 3.74. The minimum Gasteiger partial charge on any atom is -0.352 e. The van der Waals surface area contributed by atoms with Gasteiger partial charge in [-0.1, -0.05) is 61.2 Å². The first kappa shape index (κ1) is 18.8. The molecule has 6 heteroatoms. The van der Waals surface area contributed by atoms with Crippen LogP contribution >= 0.6 is 11.6 Å². The van der Waals surface area contributed by atoms with Crippen molar-refractivity contribution in [3.8, 4) is 0 Å². The van der Waals surface area contributed by atoms with Crippen molar-refractivity contribution in [1.29, 1.82) is 0 Å². The summed E-state index contributed by atoms with van der Waals surface area (Å²) in [6.07, 6.45) is 5.96. The molecule has 0 unspecified atom stereocenters. The summed E-state index contributed by atoms with van der Waals surface area (Å²) in [6.45, 7) is 0. The molecule has 2 N–H and O–H groups in total. The van der Waals surface area contributed by atoms with Gasteiger partial charge in [0.2, 0.25) is 5.91 Å². The maximum absolute atomic E-state index is 13.3. The van der Waals surface area contributed by atoms with Gasteiger partial charge < -0.3 is 10.3 Å². The molecule has 0 saturated heterocycles. The summed E-state index contributed by atoms with van der Waals surface area (Å²) in [5.74, 6) is -0.103. The van der Waals surface area contributed by atoms with Crippen molar-refractivity contribution in [2.75, 3.05) is 0 Å². The average Bonchev–Trinajstić information content (AvgIpc) is 3.02. The zero-order valence-corrected chi connectivity index (χ0v) is 16.4. The van der Waals surface area contributed by atoms with Gasteiger partial charge in [0.25, 0.3) is 0 Å². The van der Waals surface area contributed by atoms with Crippen LogP contribution in [0.4, 0.5) is 0 Å². The van der Waals surface area contributed by atoms with Gasteiger partial charge in [-0.3, -0.25) is 9.36 Å². The highest BCUT2D eigenvalue weighted by Gasteiger charge is 2.27. The lowest BCUT2D eigenvalue weighted by molar-refractivity contribution is -0.125. The molecule has 2 aromatic carbocycles. The molecule has 0 spiro atoms. The fourth-order valence-corrected chi connectivity index (χ4v) is 4.27. The van der Waals surface area contributed by atoms with Gasteiger partial charge in [-0.2, -0.15) is 0 Å². The monoisotopic (exact) mass is 397 g/mol. The second kappa shape index (κ2) is 8.23. The van der Waals surface area contributed by atoms with Gasteiger partial charge >= 0.3 is 5.69 Å². The van der Waals surface area contributed by atoms with Crippen LogP contribution < -0.4 is 11.0 Å². The molecule has 146 valence electrons. The number of nitrogens with one attached hydrogen (secondary N) is 2. The molecule has 1 amide bonds. The summed E-state index contributed by atoms with van der Waals surface area (Å²) in [7, 11) is 0. The molecular weight excluding hydrogens is 374 g/mol. The molecule has 1 aliphatic carbocycles. The van der Waals surface area contributed by atoms with Gasteiger partial charge in [0, 0.05) is 17.5 Å². The van der Waals surface area contributed by atoms with E-state index < -0.39 is 6.04 Å². The number of carbonyl (C=O) groups is 1. The SMILES string of the molecule is O=C(NC1CCCCC1)[C@@H](Cc1ccccc1)n1c(=O)[nH]c2cc(Cl)ccc21. The highest BCUT2D eigenvalue weighted by Crippen LogP contribution is 2.23. The maximum atomic E-state index is 13.3. The van der Waals surface area contributed by atoms with E-state index in [9.17, 15) is 9.59 Å². The zero-order chi connectivity index (χ0) is 19.5. The molecule has 28 heavy (non-hydrogen) atoms. The maximum Gasteiger partial charge on any atom is 0.327 e. The predicted molar refractivity (Wildman–Crippen MR) is 112 cm³/mol. The van der Waals surface area contributed by atoms with Crippen molar-refractivity contribution in [2.24, 2.45) is 0 Å². The van der Waals surface area contributed by atoms with Crippen molar-refractivity contribution in [3.05, 3.63) is 69.6 Å². The molecule has 1 atom stereocenters. The van der Waals surface area contributed by atoms with E-state index in [0.29, 0.717) is 22.5 Å². The topological polar surface area (TPSA) is 66.9 Å². The Bertz CT molecular complexity index is 1020. The van der Waals surface area contributed by atoms with Crippen LogP contribution in [-0.4, -0.2) is 21.5 Å².